The molecule has 1 unspecified atom stereocenters. The Morgan fingerprint density at radius 2 is 2.11 bits per heavy atom. The highest BCUT2D eigenvalue weighted by atomic mass is 19.1. The van der Waals surface area contributed by atoms with Gasteiger partial charge in [0.2, 0.25) is 5.91 Å². The van der Waals surface area contributed by atoms with Gasteiger partial charge >= 0.3 is 0 Å². The SMILES string of the molecule is CCCCCNC(=O)C(C)Nc1cccc(F)c1C. The number of unbranched alkanes of at least 4 members (excludes halogenated alkanes) is 2. The van der Waals surface area contributed by atoms with Crippen LogP contribution in [0.3, 0.4) is 0 Å². The molecule has 0 aliphatic carbocycles. The summed E-state index contributed by atoms with van der Waals surface area (Å²) >= 11 is 0. The highest BCUT2D eigenvalue weighted by molar-refractivity contribution is 5.84. The molecule has 1 aromatic rings. The maximum absolute atomic E-state index is 13.4. The Labute approximate surface area is 114 Å². The van der Waals surface area contributed by atoms with Crippen molar-refractivity contribution in [1.29, 1.82) is 0 Å². The number of hydrogen-bond acceptors (Lipinski definition) is 2. The molecule has 0 heterocycles. The molecule has 0 saturated carbocycles. The molecule has 0 radical (unpaired) electrons. The Hall–Kier alpha value is -1.58. The van der Waals surface area contributed by atoms with E-state index in [0.717, 1.165) is 19.3 Å². The van der Waals surface area contributed by atoms with Gasteiger partial charge in [-0.25, -0.2) is 4.39 Å². The minimum atomic E-state index is -0.373. The predicted octanol–water partition coefficient (Wildman–Crippen LogP) is 3.24. The van der Waals surface area contributed by atoms with Gasteiger partial charge in [-0.1, -0.05) is 25.8 Å². The van der Waals surface area contributed by atoms with Crippen LogP contribution in [0.4, 0.5) is 10.1 Å². The summed E-state index contributed by atoms with van der Waals surface area (Å²) in [5.41, 5.74) is 1.20. The first-order chi connectivity index (χ1) is 9.06. The van der Waals surface area contributed by atoms with Crippen LogP contribution in [0.15, 0.2) is 18.2 Å². The molecule has 3 nitrogen and oxygen atoms in total. The first kappa shape index (κ1) is 15.5. The summed E-state index contributed by atoms with van der Waals surface area (Å²) in [4.78, 5) is 11.8. The fraction of sp³-hybridized carbons (Fsp3) is 0.533. The van der Waals surface area contributed by atoms with Crippen molar-refractivity contribution in [3.63, 3.8) is 0 Å². The van der Waals surface area contributed by atoms with Gasteiger partial charge in [0.05, 0.1) is 0 Å². The zero-order chi connectivity index (χ0) is 14.3. The molecule has 106 valence electrons. The molecule has 19 heavy (non-hydrogen) atoms. The van der Waals surface area contributed by atoms with Gasteiger partial charge in [0.1, 0.15) is 11.9 Å². The van der Waals surface area contributed by atoms with Gasteiger partial charge in [-0.15, -0.1) is 0 Å². The van der Waals surface area contributed by atoms with E-state index in [-0.39, 0.29) is 17.8 Å². The number of carbonyl (C=O) groups is 1. The highest BCUT2D eigenvalue weighted by Gasteiger charge is 2.13. The van der Waals surface area contributed by atoms with Crippen molar-refractivity contribution in [2.45, 2.75) is 46.1 Å². The first-order valence-corrected chi connectivity index (χ1v) is 6.85. The second-order valence-electron chi connectivity index (χ2n) is 4.78. The van der Waals surface area contributed by atoms with E-state index in [1.807, 2.05) is 0 Å². The predicted molar refractivity (Wildman–Crippen MR) is 76.8 cm³/mol. The largest absolute Gasteiger partial charge is 0.374 e. The lowest BCUT2D eigenvalue weighted by Gasteiger charge is -2.17. The summed E-state index contributed by atoms with van der Waals surface area (Å²) in [5, 5.41) is 5.92. The lowest BCUT2D eigenvalue weighted by molar-refractivity contribution is -0.121. The summed E-state index contributed by atoms with van der Waals surface area (Å²) in [6.45, 7) is 6.29. The van der Waals surface area contributed by atoms with E-state index in [0.29, 0.717) is 17.8 Å². The molecular formula is C15H23FN2O. The molecular weight excluding hydrogens is 243 g/mol. The number of anilines is 1. The second kappa shape index (κ2) is 7.77. The van der Waals surface area contributed by atoms with Crippen LogP contribution in [-0.2, 0) is 4.79 Å². The van der Waals surface area contributed by atoms with Crippen molar-refractivity contribution in [3.05, 3.63) is 29.6 Å². The zero-order valence-electron chi connectivity index (χ0n) is 11.9. The quantitative estimate of drug-likeness (QED) is 0.744. The third-order valence-corrected chi connectivity index (χ3v) is 3.11. The minimum absolute atomic E-state index is 0.0558. The van der Waals surface area contributed by atoms with E-state index >= 15 is 0 Å². The Balaban J connectivity index is 2.47. The molecule has 0 aliphatic heterocycles. The molecule has 4 heteroatoms. The average molecular weight is 266 g/mol. The number of amides is 1. The maximum Gasteiger partial charge on any atom is 0.242 e. The van der Waals surface area contributed by atoms with Crippen LogP contribution >= 0.6 is 0 Å². The second-order valence-corrected chi connectivity index (χ2v) is 4.78. The van der Waals surface area contributed by atoms with Gasteiger partial charge in [0, 0.05) is 17.8 Å². The Bertz CT molecular complexity index is 421. The van der Waals surface area contributed by atoms with Crippen LogP contribution in [0.1, 0.15) is 38.7 Å². The van der Waals surface area contributed by atoms with Crippen molar-refractivity contribution in [1.82, 2.24) is 5.32 Å². The van der Waals surface area contributed by atoms with Crippen molar-refractivity contribution in [3.8, 4) is 0 Å². The number of rotatable bonds is 7. The molecule has 1 amide bonds. The van der Waals surface area contributed by atoms with E-state index in [2.05, 4.69) is 17.6 Å². The number of benzene rings is 1. The van der Waals surface area contributed by atoms with Gasteiger partial charge in [-0.3, -0.25) is 4.79 Å². The summed E-state index contributed by atoms with van der Waals surface area (Å²) in [5.74, 6) is -0.319. The Kier molecular flexibility index (Phi) is 6.33. The summed E-state index contributed by atoms with van der Waals surface area (Å²) in [6, 6.07) is 4.45. The Morgan fingerprint density at radius 3 is 2.79 bits per heavy atom. The van der Waals surface area contributed by atoms with E-state index in [1.165, 1.54) is 6.07 Å². The van der Waals surface area contributed by atoms with Crippen molar-refractivity contribution >= 4 is 11.6 Å². The number of hydrogen-bond donors (Lipinski definition) is 2. The van der Waals surface area contributed by atoms with Crippen molar-refractivity contribution < 1.29 is 9.18 Å². The molecule has 1 atom stereocenters. The number of halogens is 1. The third-order valence-electron chi connectivity index (χ3n) is 3.11. The molecule has 0 saturated heterocycles. The monoisotopic (exact) mass is 266 g/mol. The normalized spacial score (nSPS) is 12.0. The molecule has 0 bridgehead atoms. The number of nitrogens with one attached hydrogen (secondary N) is 2. The molecule has 0 aliphatic rings. The zero-order valence-corrected chi connectivity index (χ0v) is 11.9. The van der Waals surface area contributed by atoms with Crippen LogP contribution in [0, 0.1) is 12.7 Å². The van der Waals surface area contributed by atoms with Crippen molar-refractivity contribution in [2.24, 2.45) is 0 Å². The van der Waals surface area contributed by atoms with Crippen LogP contribution in [0.5, 0.6) is 0 Å². The molecule has 1 rings (SSSR count). The summed E-state index contributed by atoms with van der Waals surface area (Å²) in [6.07, 6.45) is 3.24. The van der Waals surface area contributed by atoms with Gasteiger partial charge in [0.25, 0.3) is 0 Å². The standard InChI is InChI=1S/C15H23FN2O/c1-4-5-6-10-17-15(19)12(3)18-14-9-7-8-13(16)11(14)2/h7-9,12,18H,4-6,10H2,1-3H3,(H,17,19). The fourth-order valence-corrected chi connectivity index (χ4v) is 1.80. The lowest BCUT2D eigenvalue weighted by atomic mass is 10.1. The van der Waals surface area contributed by atoms with E-state index in [1.54, 1.807) is 26.0 Å². The van der Waals surface area contributed by atoms with Crippen LogP contribution in [0.25, 0.3) is 0 Å². The van der Waals surface area contributed by atoms with E-state index < -0.39 is 0 Å². The molecule has 1 aromatic carbocycles. The number of carbonyl (C=O) groups excluding carboxylic acids is 1. The van der Waals surface area contributed by atoms with Gasteiger partial charge in [-0.2, -0.15) is 0 Å². The summed E-state index contributed by atoms with van der Waals surface area (Å²) < 4.78 is 13.4. The summed E-state index contributed by atoms with van der Waals surface area (Å²) in [7, 11) is 0. The van der Waals surface area contributed by atoms with E-state index in [4.69, 9.17) is 0 Å². The molecule has 2 N–H and O–H groups in total. The lowest BCUT2D eigenvalue weighted by Crippen LogP contribution is -2.38. The van der Waals surface area contributed by atoms with Gasteiger partial charge in [-0.05, 0) is 32.4 Å². The van der Waals surface area contributed by atoms with Crippen LogP contribution in [-0.4, -0.2) is 18.5 Å². The molecule has 0 aromatic heterocycles. The smallest absolute Gasteiger partial charge is 0.242 e. The minimum Gasteiger partial charge on any atom is -0.374 e. The van der Waals surface area contributed by atoms with Crippen LogP contribution < -0.4 is 10.6 Å². The topological polar surface area (TPSA) is 41.1 Å². The third kappa shape index (κ3) is 4.89. The maximum atomic E-state index is 13.4. The Morgan fingerprint density at radius 1 is 1.37 bits per heavy atom. The van der Waals surface area contributed by atoms with Gasteiger partial charge in [0.15, 0.2) is 0 Å². The van der Waals surface area contributed by atoms with Crippen LogP contribution in [0.2, 0.25) is 0 Å². The van der Waals surface area contributed by atoms with Crippen molar-refractivity contribution in [2.75, 3.05) is 11.9 Å². The molecule has 0 spiro atoms. The fourth-order valence-electron chi connectivity index (χ4n) is 1.80. The first-order valence-electron chi connectivity index (χ1n) is 6.85. The highest BCUT2D eigenvalue weighted by Crippen LogP contribution is 2.18. The average Bonchev–Trinajstić information content (AvgIpc) is 2.39. The van der Waals surface area contributed by atoms with Gasteiger partial charge < -0.3 is 10.6 Å². The molecule has 0 fully saturated rings. The van der Waals surface area contributed by atoms with E-state index in [9.17, 15) is 9.18 Å².